The number of nitrogens with one attached hydrogen (secondary N) is 1. The van der Waals surface area contributed by atoms with E-state index in [9.17, 15) is 0 Å². The fourth-order valence-corrected chi connectivity index (χ4v) is 1.97. The van der Waals surface area contributed by atoms with Gasteiger partial charge in [0.2, 0.25) is 0 Å². The molecule has 5 heteroatoms. The van der Waals surface area contributed by atoms with Gasteiger partial charge in [-0.15, -0.1) is 5.10 Å². The van der Waals surface area contributed by atoms with Gasteiger partial charge in [-0.3, -0.25) is 0 Å². The van der Waals surface area contributed by atoms with Crippen LogP contribution in [0.25, 0.3) is 5.69 Å². The van der Waals surface area contributed by atoms with Gasteiger partial charge in [0.05, 0.1) is 17.6 Å². The van der Waals surface area contributed by atoms with Crippen molar-refractivity contribution in [2.24, 2.45) is 0 Å². The number of aromatic nitrogens is 3. The maximum Gasteiger partial charge on any atom is 0.0783 e. The number of rotatable bonds is 4. The maximum absolute atomic E-state index is 5.96. The predicted molar refractivity (Wildman–Crippen MR) is 73.1 cm³/mol. The molecule has 0 saturated heterocycles. The number of benzene rings is 1. The standard InChI is InChI=1S/C13H17ClN4/c1-9(2)15-7-12-8-16-17-18(12)13-5-4-11(14)6-10(13)3/h4-6,8-9,15H,7H2,1-3H3. The molecule has 1 aromatic carbocycles. The summed E-state index contributed by atoms with van der Waals surface area (Å²) in [5.41, 5.74) is 3.13. The van der Waals surface area contributed by atoms with Crippen LogP contribution in [0.2, 0.25) is 5.02 Å². The van der Waals surface area contributed by atoms with Gasteiger partial charge in [0.15, 0.2) is 0 Å². The first-order valence-corrected chi connectivity index (χ1v) is 6.35. The first kappa shape index (κ1) is 13.1. The van der Waals surface area contributed by atoms with Crippen molar-refractivity contribution in [1.29, 1.82) is 0 Å². The van der Waals surface area contributed by atoms with Gasteiger partial charge in [-0.1, -0.05) is 30.7 Å². The monoisotopic (exact) mass is 264 g/mol. The van der Waals surface area contributed by atoms with Crippen LogP contribution in [0, 0.1) is 6.92 Å². The molecule has 4 nitrogen and oxygen atoms in total. The molecule has 0 atom stereocenters. The normalized spacial score (nSPS) is 11.2. The lowest BCUT2D eigenvalue weighted by Gasteiger charge is -2.11. The smallest absolute Gasteiger partial charge is 0.0783 e. The highest BCUT2D eigenvalue weighted by Crippen LogP contribution is 2.19. The maximum atomic E-state index is 5.96. The van der Waals surface area contributed by atoms with Gasteiger partial charge in [0.25, 0.3) is 0 Å². The van der Waals surface area contributed by atoms with Crippen LogP contribution in [0.5, 0.6) is 0 Å². The minimum Gasteiger partial charge on any atom is -0.309 e. The average molecular weight is 265 g/mol. The molecule has 0 unspecified atom stereocenters. The average Bonchev–Trinajstić information content (AvgIpc) is 2.74. The molecule has 1 aromatic heterocycles. The Kier molecular flexibility index (Phi) is 3.99. The number of aryl methyl sites for hydroxylation is 1. The Bertz CT molecular complexity index is 534. The topological polar surface area (TPSA) is 42.7 Å². The quantitative estimate of drug-likeness (QED) is 0.923. The van der Waals surface area contributed by atoms with E-state index in [1.165, 1.54) is 0 Å². The third kappa shape index (κ3) is 2.89. The van der Waals surface area contributed by atoms with Crippen LogP contribution in [-0.4, -0.2) is 21.0 Å². The SMILES string of the molecule is Cc1cc(Cl)ccc1-n1nncc1CNC(C)C. The van der Waals surface area contributed by atoms with Crippen LogP contribution < -0.4 is 5.32 Å². The Morgan fingerprint density at radius 2 is 2.17 bits per heavy atom. The summed E-state index contributed by atoms with van der Waals surface area (Å²) in [5.74, 6) is 0. The van der Waals surface area contributed by atoms with Crippen molar-refractivity contribution in [2.45, 2.75) is 33.4 Å². The Hall–Kier alpha value is -1.39. The molecular formula is C13H17ClN4. The summed E-state index contributed by atoms with van der Waals surface area (Å²) in [5, 5.41) is 12.2. The van der Waals surface area contributed by atoms with Gasteiger partial charge in [-0.25, -0.2) is 4.68 Å². The van der Waals surface area contributed by atoms with Crippen LogP contribution in [0.1, 0.15) is 25.1 Å². The van der Waals surface area contributed by atoms with E-state index in [0.29, 0.717) is 6.04 Å². The van der Waals surface area contributed by atoms with Crippen LogP contribution in [-0.2, 0) is 6.54 Å². The number of hydrogen-bond donors (Lipinski definition) is 1. The highest BCUT2D eigenvalue weighted by atomic mass is 35.5. The zero-order chi connectivity index (χ0) is 13.1. The van der Waals surface area contributed by atoms with Crippen molar-refractivity contribution in [3.8, 4) is 5.69 Å². The number of halogens is 1. The van der Waals surface area contributed by atoms with Gasteiger partial charge >= 0.3 is 0 Å². The highest BCUT2D eigenvalue weighted by molar-refractivity contribution is 6.30. The van der Waals surface area contributed by atoms with Crippen molar-refractivity contribution >= 4 is 11.6 Å². The molecule has 0 radical (unpaired) electrons. The molecule has 1 heterocycles. The molecule has 0 fully saturated rings. The molecule has 0 amide bonds. The van der Waals surface area contributed by atoms with Crippen molar-refractivity contribution in [2.75, 3.05) is 0 Å². The zero-order valence-corrected chi connectivity index (χ0v) is 11.6. The van der Waals surface area contributed by atoms with Gasteiger partial charge < -0.3 is 5.32 Å². The van der Waals surface area contributed by atoms with Crippen LogP contribution >= 0.6 is 11.6 Å². The summed E-state index contributed by atoms with van der Waals surface area (Å²) in [7, 11) is 0. The van der Waals surface area contributed by atoms with Gasteiger partial charge in [0.1, 0.15) is 0 Å². The molecule has 96 valence electrons. The second-order valence-electron chi connectivity index (χ2n) is 4.60. The van der Waals surface area contributed by atoms with Crippen LogP contribution in [0.4, 0.5) is 0 Å². The lowest BCUT2D eigenvalue weighted by Crippen LogP contribution is -2.23. The van der Waals surface area contributed by atoms with Crippen molar-refractivity contribution in [3.05, 3.63) is 40.7 Å². The van der Waals surface area contributed by atoms with E-state index in [1.807, 2.05) is 29.8 Å². The van der Waals surface area contributed by atoms with E-state index in [4.69, 9.17) is 11.6 Å². The molecule has 0 saturated carbocycles. The summed E-state index contributed by atoms with van der Waals surface area (Å²) in [6.07, 6.45) is 1.78. The molecule has 2 rings (SSSR count). The Morgan fingerprint density at radius 1 is 1.39 bits per heavy atom. The minimum absolute atomic E-state index is 0.430. The first-order valence-electron chi connectivity index (χ1n) is 5.97. The summed E-state index contributed by atoms with van der Waals surface area (Å²) in [6.45, 7) is 6.98. The second-order valence-corrected chi connectivity index (χ2v) is 5.04. The highest BCUT2D eigenvalue weighted by Gasteiger charge is 2.09. The Morgan fingerprint density at radius 3 is 2.83 bits per heavy atom. The third-order valence-corrected chi connectivity index (χ3v) is 2.93. The van der Waals surface area contributed by atoms with E-state index in [0.717, 1.165) is 28.5 Å². The van der Waals surface area contributed by atoms with E-state index in [2.05, 4.69) is 29.5 Å². The van der Waals surface area contributed by atoms with Crippen molar-refractivity contribution in [1.82, 2.24) is 20.3 Å². The summed E-state index contributed by atoms with van der Waals surface area (Å²) < 4.78 is 1.85. The first-order chi connectivity index (χ1) is 8.58. The van der Waals surface area contributed by atoms with Crippen LogP contribution in [0.3, 0.4) is 0 Å². The lowest BCUT2D eigenvalue weighted by atomic mass is 10.2. The van der Waals surface area contributed by atoms with Gasteiger partial charge in [-0.05, 0) is 30.7 Å². The molecule has 18 heavy (non-hydrogen) atoms. The molecule has 1 N–H and O–H groups in total. The molecule has 0 bridgehead atoms. The van der Waals surface area contributed by atoms with Gasteiger partial charge in [-0.2, -0.15) is 0 Å². The van der Waals surface area contributed by atoms with E-state index >= 15 is 0 Å². The van der Waals surface area contributed by atoms with Crippen LogP contribution in [0.15, 0.2) is 24.4 Å². The Balaban J connectivity index is 2.30. The van der Waals surface area contributed by atoms with E-state index < -0.39 is 0 Å². The summed E-state index contributed by atoms with van der Waals surface area (Å²) in [4.78, 5) is 0. The predicted octanol–water partition coefficient (Wildman–Crippen LogP) is 2.73. The summed E-state index contributed by atoms with van der Waals surface area (Å²) >= 11 is 5.96. The lowest BCUT2D eigenvalue weighted by molar-refractivity contribution is 0.570. The molecule has 2 aromatic rings. The molecule has 0 aliphatic heterocycles. The third-order valence-electron chi connectivity index (χ3n) is 2.70. The van der Waals surface area contributed by atoms with Crippen molar-refractivity contribution in [3.63, 3.8) is 0 Å². The van der Waals surface area contributed by atoms with Gasteiger partial charge in [0, 0.05) is 17.6 Å². The molecule has 0 spiro atoms. The van der Waals surface area contributed by atoms with Crippen molar-refractivity contribution < 1.29 is 0 Å². The Labute approximate surface area is 112 Å². The molecule has 0 aliphatic rings. The largest absolute Gasteiger partial charge is 0.309 e. The van der Waals surface area contributed by atoms with E-state index in [-0.39, 0.29) is 0 Å². The summed E-state index contributed by atoms with van der Waals surface area (Å²) in [6, 6.07) is 6.19. The number of nitrogens with zero attached hydrogens (tertiary/aromatic N) is 3. The van der Waals surface area contributed by atoms with E-state index in [1.54, 1.807) is 6.20 Å². The second kappa shape index (κ2) is 5.50. The fraction of sp³-hybridized carbons (Fsp3) is 0.385. The number of hydrogen-bond acceptors (Lipinski definition) is 3. The molecular weight excluding hydrogens is 248 g/mol. The zero-order valence-electron chi connectivity index (χ0n) is 10.8. The fourth-order valence-electron chi connectivity index (χ4n) is 1.74. The minimum atomic E-state index is 0.430. The molecule has 0 aliphatic carbocycles.